The maximum absolute atomic E-state index is 13.3. The van der Waals surface area contributed by atoms with E-state index >= 15 is 0 Å². The van der Waals surface area contributed by atoms with Crippen LogP contribution >= 0.6 is 23.2 Å². The van der Waals surface area contributed by atoms with Crippen molar-refractivity contribution in [2.24, 2.45) is 0 Å². The summed E-state index contributed by atoms with van der Waals surface area (Å²) in [6, 6.07) is 17.6. The van der Waals surface area contributed by atoms with E-state index in [0.29, 0.717) is 34.6 Å². The van der Waals surface area contributed by atoms with Gasteiger partial charge >= 0.3 is 6.03 Å². The first-order chi connectivity index (χ1) is 15.3. The van der Waals surface area contributed by atoms with Crippen LogP contribution in [0.5, 0.6) is 0 Å². The van der Waals surface area contributed by atoms with E-state index in [-0.39, 0.29) is 18.5 Å². The second kappa shape index (κ2) is 11.1. The number of nitrogens with one attached hydrogen (secondary N) is 1. The third kappa shape index (κ3) is 6.28. The van der Waals surface area contributed by atoms with E-state index in [0.717, 1.165) is 5.56 Å². The largest absolute Gasteiger partial charge is 0.467 e. The predicted molar refractivity (Wildman–Crippen MR) is 127 cm³/mol. The average Bonchev–Trinajstić information content (AvgIpc) is 3.27. The summed E-state index contributed by atoms with van der Waals surface area (Å²) >= 11 is 12.4. The Hall–Kier alpha value is -2.96. The van der Waals surface area contributed by atoms with Gasteiger partial charge in [-0.25, -0.2) is 4.79 Å². The van der Waals surface area contributed by atoms with Gasteiger partial charge in [-0.1, -0.05) is 59.6 Å². The molecule has 0 atom stereocenters. The lowest BCUT2D eigenvalue weighted by molar-refractivity contribution is -0.133. The first kappa shape index (κ1) is 23.7. The lowest BCUT2D eigenvalue weighted by Gasteiger charge is -2.30. The molecule has 0 unspecified atom stereocenters. The Morgan fingerprint density at radius 2 is 1.62 bits per heavy atom. The number of halogens is 2. The van der Waals surface area contributed by atoms with Gasteiger partial charge in [-0.2, -0.15) is 0 Å². The highest BCUT2D eigenvalue weighted by atomic mass is 35.5. The highest BCUT2D eigenvalue weighted by Crippen LogP contribution is 2.30. The van der Waals surface area contributed by atoms with Crippen molar-refractivity contribution in [3.8, 4) is 0 Å². The fourth-order valence-electron chi connectivity index (χ4n) is 3.16. The normalized spacial score (nSPS) is 10.8. The van der Waals surface area contributed by atoms with Crippen LogP contribution in [0, 0.1) is 0 Å². The van der Waals surface area contributed by atoms with E-state index in [1.54, 1.807) is 35.4 Å². The van der Waals surface area contributed by atoms with Crippen LogP contribution in [0.15, 0.2) is 71.3 Å². The molecule has 0 aliphatic heterocycles. The van der Waals surface area contributed by atoms with Crippen LogP contribution < -0.4 is 5.32 Å². The summed E-state index contributed by atoms with van der Waals surface area (Å²) in [6.07, 6.45) is 1.57. The molecule has 0 saturated heterocycles. The quantitative estimate of drug-likeness (QED) is 0.432. The van der Waals surface area contributed by atoms with Crippen molar-refractivity contribution >= 4 is 40.8 Å². The number of nitrogens with zero attached hydrogens (tertiary/aromatic N) is 2. The van der Waals surface area contributed by atoms with E-state index in [4.69, 9.17) is 27.6 Å². The van der Waals surface area contributed by atoms with Gasteiger partial charge < -0.3 is 19.5 Å². The summed E-state index contributed by atoms with van der Waals surface area (Å²) < 4.78 is 5.44. The number of urea groups is 1. The van der Waals surface area contributed by atoms with Crippen molar-refractivity contribution < 1.29 is 14.0 Å². The van der Waals surface area contributed by atoms with Crippen molar-refractivity contribution in [3.05, 3.63) is 88.3 Å². The van der Waals surface area contributed by atoms with Crippen LogP contribution in [0.25, 0.3) is 0 Å². The molecule has 3 rings (SSSR count). The van der Waals surface area contributed by atoms with E-state index in [2.05, 4.69) is 5.32 Å². The SMILES string of the molecule is CC(C)N(CC(=O)N(Cc1ccccc1)Cc1ccco1)C(=O)Nc1c(Cl)cccc1Cl. The number of hydrogen-bond donors (Lipinski definition) is 1. The number of para-hydroxylation sites is 1. The zero-order valence-electron chi connectivity index (χ0n) is 17.9. The molecule has 0 spiro atoms. The minimum absolute atomic E-state index is 0.112. The Morgan fingerprint density at radius 3 is 2.22 bits per heavy atom. The number of rotatable bonds is 8. The van der Waals surface area contributed by atoms with Gasteiger partial charge in [0.1, 0.15) is 12.3 Å². The van der Waals surface area contributed by atoms with Crippen LogP contribution in [-0.2, 0) is 17.9 Å². The molecule has 6 nitrogen and oxygen atoms in total. The first-order valence-electron chi connectivity index (χ1n) is 10.2. The molecule has 3 aromatic rings. The maximum atomic E-state index is 13.3. The van der Waals surface area contributed by atoms with E-state index in [1.807, 2.05) is 50.2 Å². The van der Waals surface area contributed by atoms with Gasteiger partial charge in [-0.3, -0.25) is 4.79 Å². The second-order valence-corrected chi connectivity index (χ2v) is 8.38. The lowest BCUT2D eigenvalue weighted by Crippen LogP contribution is -2.47. The number of anilines is 1. The number of carbonyl (C=O) groups is 2. The summed E-state index contributed by atoms with van der Waals surface area (Å²) in [6.45, 7) is 4.26. The molecule has 32 heavy (non-hydrogen) atoms. The van der Waals surface area contributed by atoms with Gasteiger partial charge in [-0.15, -0.1) is 0 Å². The van der Waals surface area contributed by atoms with Crippen LogP contribution in [0.3, 0.4) is 0 Å². The zero-order valence-corrected chi connectivity index (χ0v) is 19.4. The predicted octanol–water partition coefficient (Wildman–Crippen LogP) is 6.06. The fraction of sp³-hybridized carbons (Fsp3) is 0.250. The third-order valence-electron chi connectivity index (χ3n) is 4.88. The van der Waals surface area contributed by atoms with Gasteiger partial charge in [0.15, 0.2) is 0 Å². The average molecular weight is 474 g/mol. The summed E-state index contributed by atoms with van der Waals surface area (Å²) in [4.78, 5) is 29.4. The first-order valence-corrected chi connectivity index (χ1v) is 11.0. The molecule has 1 aromatic heterocycles. The van der Waals surface area contributed by atoms with Crippen molar-refractivity contribution in [2.75, 3.05) is 11.9 Å². The van der Waals surface area contributed by atoms with Crippen molar-refractivity contribution in [1.82, 2.24) is 9.80 Å². The zero-order chi connectivity index (χ0) is 23.1. The fourth-order valence-corrected chi connectivity index (χ4v) is 3.65. The Kier molecular flexibility index (Phi) is 8.20. The second-order valence-electron chi connectivity index (χ2n) is 7.56. The number of carbonyl (C=O) groups excluding carboxylic acids is 2. The van der Waals surface area contributed by atoms with Gasteiger partial charge in [0.2, 0.25) is 5.91 Å². The van der Waals surface area contributed by atoms with Crippen LogP contribution in [0.2, 0.25) is 10.0 Å². The highest BCUT2D eigenvalue weighted by molar-refractivity contribution is 6.39. The smallest absolute Gasteiger partial charge is 0.322 e. The third-order valence-corrected chi connectivity index (χ3v) is 5.51. The molecule has 0 bridgehead atoms. The van der Waals surface area contributed by atoms with Crippen molar-refractivity contribution in [1.29, 1.82) is 0 Å². The minimum Gasteiger partial charge on any atom is -0.467 e. The molecule has 0 aliphatic carbocycles. The highest BCUT2D eigenvalue weighted by Gasteiger charge is 2.25. The molecule has 0 radical (unpaired) electrons. The maximum Gasteiger partial charge on any atom is 0.322 e. The standard InChI is InChI=1S/C24H25Cl2N3O3/c1-17(2)29(24(31)27-23-20(25)11-6-12-21(23)26)16-22(30)28(15-19-10-7-13-32-19)14-18-8-4-3-5-9-18/h3-13,17H,14-16H2,1-2H3,(H,27,31). The molecule has 0 aliphatic rings. The molecular weight excluding hydrogens is 449 g/mol. The molecule has 0 saturated carbocycles. The number of hydrogen-bond acceptors (Lipinski definition) is 3. The summed E-state index contributed by atoms with van der Waals surface area (Å²) in [5.41, 5.74) is 1.30. The Bertz CT molecular complexity index is 1020. The van der Waals surface area contributed by atoms with Gasteiger partial charge in [0, 0.05) is 12.6 Å². The van der Waals surface area contributed by atoms with Crippen LogP contribution in [0.1, 0.15) is 25.2 Å². The summed E-state index contributed by atoms with van der Waals surface area (Å²) in [5.74, 6) is 0.456. The molecule has 2 aromatic carbocycles. The monoisotopic (exact) mass is 473 g/mol. The Balaban J connectivity index is 1.77. The molecule has 8 heteroatoms. The minimum atomic E-state index is -0.457. The molecule has 0 fully saturated rings. The van der Waals surface area contributed by atoms with E-state index in [1.165, 1.54) is 4.90 Å². The van der Waals surface area contributed by atoms with Crippen molar-refractivity contribution in [2.45, 2.75) is 33.0 Å². The van der Waals surface area contributed by atoms with Gasteiger partial charge in [0.25, 0.3) is 0 Å². The molecule has 3 amide bonds. The van der Waals surface area contributed by atoms with E-state index < -0.39 is 6.03 Å². The topological polar surface area (TPSA) is 65.8 Å². The van der Waals surface area contributed by atoms with Crippen LogP contribution in [-0.4, -0.2) is 34.3 Å². The number of furan rings is 1. The Morgan fingerprint density at radius 1 is 0.938 bits per heavy atom. The Labute approximate surface area is 197 Å². The molecule has 1 N–H and O–H groups in total. The lowest BCUT2D eigenvalue weighted by atomic mass is 10.2. The number of amides is 3. The van der Waals surface area contributed by atoms with Gasteiger partial charge in [-0.05, 0) is 43.7 Å². The summed E-state index contributed by atoms with van der Waals surface area (Å²) in [5, 5.41) is 3.38. The molecule has 168 valence electrons. The molecule has 1 heterocycles. The molecular formula is C24H25Cl2N3O3. The van der Waals surface area contributed by atoms with Crippen LogP contribution in [0.4, 0.5) is 10.5 Å². The summed E-state index contributed by atoms with van der Waals surface area (Å²) in [7, 11) is 0. The van der Waals surface area contributed by atoms with Gasteiger partial charge in [0.05, 0.1) is 28.5 Å². The van der Waals surface area contributed by atoms with E-state index in [9.17, 15) is 9.59 Å². The van der Waals surface area contributed by atoms with Crippen molar-refractivity contribution in [3.63, 3.8) is 0 Å². The number of benzene rings is 2.